The summed E-state index contributed by atoms with van der Waals surface area (Å²) in [7, 11) is 0. The second-order valence-electron chi connectivity index (χ2n) is 7.52. The smallest absolute Gasteiger partial charge is 0.255 e. The summed E-state index contributed by atoms with van der Waals surface area (Å²) in [5.74, 6) is 1.35. The van der Waals surface area contributed by atoms with E-state index in [0.29, 0.717) is 25.9 Å². The molecule has 0 saturated carbocycles. The highest BCUT2D eigenvalue weighted by molar-refractivity contribution is 5.84. The number of hydrogen-bond donors (Lipinski definition) is 0. The minimum atomic E-state index is -0.611. The number of piperidine rings is 1. The topological polar surface area (TPSA) is 38.8 Å². The highest BCUT2D eigenvalue weighted by Crippen LogP contribution is 2.43. The van der Waals surface area contributed by atoms with E-state index in [2.05, 4.69) is 13.8 Å². The summed E-state index contributed by atoms with van der Waals surface area (Å²) in [6.07, 6.45) is 1.38. The molecule has 4 nitrogen and oxygen atoms in total. The van der Waals surface area contributed by atoms with Crippen molar-refractivity contribution in [3.8, 4) is 11.5 Å². The first-order valence-electron chi connectivity index (χ1n) is 9.39. The van der Waals surface area contributed by atoms with Crippen molar-refractivity contribution in [2.24, 2.45) is 5.92 Å². The zero-order valence-electron chi connectivity index (χ0n) is 15.4. The Morgan fingerprint density at radius 3 is 2.00 bits per heavy atom. The number of nitrogens with zero attached hydrogens (tertiary/aromatic N) is 1. The fraction of sp³-hybridized carbons (Fsp3) is 0.409. The maximum Gasteiger partial charge on any atom is 0.255 e. The van der Waals surface area contributed by atoms with Gasteiger partial charge in [-0.25, -0.2) is 0 Å². The Labute approximate surface area is 154 Å². The molecule has 0 aliphatic carbocycles. The molecule has 0 radical (unpaired) electrons. The molecule has 0 unspecified atom stereocenters. The Balaban J connectivity index is 1.45. The van der Waals surface area contributed by atoms with Crippen molar-refractivity contribution >= 4 is 5.91 Å². The van der Waals surface area contributed by atoms with Gasteiger partial charge in [-0.05, 0) is 23.6 Å². The van der Waals surface area contributed by atoms with Gasteiger partial charge in [0.05, 0.1) is 5.92 Å². The third-order valence-corrected chi connectivity index (χ3v) is 5.37. The molecule has 1 atom stereocenters. The molecule has 4 heteroatoms. The molecular weight excluding hydrogens is 326 g/mol. The van der Waals surface area contributed by atoms with Gasteiger partial charge in [0.2, 0.25) is 5.91 Å². The minimum absolute atomic E-state index is 0.104. The number of fused-ring (bicyclic) bond motifs is 1. The van der Waals surface area contributed by atoms with Crippen LogP contribution in [0, 0.1) is 5.92 Å². The third kappa shape index (κ3) is 3.05. The van der Waals surface area contributed by atoms with Gasteiger partial charge in [0.1, 0.15) is 0 Å². The van der Waals surface area contributed by atoms with Gasteiger partial charge in [-0.3, -0.25) is 4.79 Å². The molecule has 2 heterocycles. The van der Waals surface area contributed by atoms with Gasteiger partial charge in [0.25, 0.3) is 5.79 Å². The number of benzene rings is 2. The van der Waals surface area contributed by atoms with Crippen LogP contribution in [0.2, 0.25) is 0 Å². The third-order valence-electron chi connectivity index (χ3n) is 5.37. The van der Waals surface area contributed by atoms with E-state index in [1.807, 2.05) is 59.5 Å². The van der Waals surface area contributed by atoms with Gasteiger partial charge in [0.15, 0.2) is 11.5 Å². The summed E-state index contributed by atoms with van der Waals surface area (Å²) in [4.78, 5) is 15.2. The SMILES string of the molecule is CC(C)[C@H](C(=O)N1CCC2(CC1)Oc1ccccc1O2)c1ccccc1. The van der Waals surface area contributed by atoms with Crippen LogP contribution >= 0.6 is 0 Å². The van der Waals surface area contributed by atoms with Crippen LogP contribution in [0.5, 0.6) is 11.5 Å². The molecule has 1 saturated heterocycles. The Bertz CT molecular complexity index is 752. The lowest BCUT2D eigenvalue weighted by Gasteiger charge is -2.39. The number of carbonyl (C=O) groups excluding carboxylic acids is 1. The number of likely N-dealkylation sites (tertiary alicyclic amines) is 1. The van der Waals surface area contributed by atoms with E-state index < -0.39 is 5.79 Å². The molecule has 26 heavy (non-hydrogen) atoms. The number of carbonyl (C=O) groups is 1. The largest absolute Gasteiger partial charge is 0.448 e. The number of rotatable bonds is 3. The second-order valence-corrected chi connectivity index (χ2v) is 7.52. The average Bonchev–Trinajstić information content (AvgIpc) is 3.00. The quantitative estimate of drug-likeness (QED) is 0.831. The predicted molar refractivity (Wildman–Crippen MR) is 100 cm³/mol. The lowest BCUT2D eigenvalue weighted by atomic mass is 9.86. The van der Waals surface area contributed by atoms with Crippen LogP contribution in [0.3, 0.4) is 0 Å². The van der Waals surface area contributed by atoms with E-state index in [0.717, 1.165) is 17.1 Å². The molecule has 4 rings (SSSR count). The van der Waals surface area contributed by atoms with Crippen molar-refractivity contribution < 1.29 is 14.3 Å². The van der Waals surface area contributed by atoms with E-state index in [1.54, 1.807) is 0 Å². The lowest BCUT2D eigenvalue weighted by molar-refractivity contribution is -0.148. The zero-order valence-corrected chi connectivity index (χ0v) is 15.4. The van der Waals surface area contributed by atoms with Crippen molar-refractivity contribution in [1.29, 1.82) is 0 Å². The molecule has 2 aliphatic rings. The fourth-order valence-electron chi connectivity index (χ4n) is 3.98. The van der Waals surface area contributed by atoms with Crippen LogP contribution in [0.4, 0.5) is 0 Å². The van der Waals surface area contributed by atoms with E-state index >= 15 is 0 Å². The monoisotopic (exact) mass is 351 g/mol. The second kappa shape index (κ2) is 6.67. The molecule has 1 spiro atoms. The first-order chi connectivity index (χ1) is 12.6. The van der Waals surface area contributed by atoms with Crippen LogP contribution in [-0.2, 0) is 4.79 Å². The zero-order chi connectivity index (χ0) is 18.1. The van der Waals surface area contributed by atoms with Crippen LogP contribution in [-0.4, -0.2) is 29.7 Å². The van der Waals surface area contributed by atoms with Crippen LogP contribution in [0.25, 0.3) is 0 Å². The van der Waals surface area contributed by atoms with Crippen molar-refractivity contribution in [2.45, 2.75) is 38.4 Å². The van der Waals surface area contributed by atoms with Gasteiger partial charge in [0, 0.05) is 25.9 Å². The fourth-order valence-corrected chi connectivity index (χ4v) is 3.98. The maximum atomic E-state index is 13.2. The average molecular weight is 351 g/mol. The van der Waals surface area contributed by atoms with Crippen molar-refractivity contribution in [3.63, 3.8) is 0 Å². The highest BCUT2D eigenvalue weighted by atomic mass is 16.7. The lowest BCUT2D eigenvalue weighted by Crippen LogP contribution is -2.52. The summed E-state index contributed by atoms with van der Waals surface area (Å²) in [5.41, 5.74) is 1.09. The van der Waals surface area contributed by atoms with Crippen molar-refractivity contribution in [3.05, 3.63) is 60.2 Å². The Morgan fingerprint density at radius 2 is 1.46 bits per heavy atom. The molecule has 136 valence electrons. The molecule has 2 aromatic carbocycles. The molecule has 0 bridgehead atoms. The summed E-state index contributed by atoms with van der Waals surface area (Å²) in [6, 6.07) is 17.9. The van der Waals surface area contributed by atoms with Gasteiger partial charge in [-0.1, -0.05) is 56.3 Å². The Kier molecular flexibility index (Phi) is 4.35. The van der Waals surface area contributed by atoms with E-state index in [9.17, 15) is 4.79 Å². The van der Waals surface area contributed by atoms with Crippen molar-refractivity contribution in [2.75, 3.05) is 13.1 Å². The minimum Gasteiger partial charge on any atom is -0.448 e. The van der Waals surface area contributed by atoms with E-state index in [1.165, 1.54) is 0 Å². The summed E-state index contributed by atoms with van der Waals surface area (Å²) >= 11 is 0. The first-order valence-corrected chi connectivity index (χ1v) is 9.39. The molecule has 0 N–H and O–H groups in total. The summed E-state index contributed by atoms with van der Waals surface area (Å²) < 4.78 is 12.2. The molecule has 2 aliphatic heterocycles. The number of amides is 1. The number of para-hydroxylation sites is 2. The summed E-state index contributed by atoms with van der Waals surface area (Å²) in [5, 5.41) is 0. The Hall–Kier alpha value is -2.49. The molecule has 1 fully saturated rings. The first kappa shape index (κ1) is 17.0. The van der Waals surface area contributed by atoms with E-state index in [4.69, 9.17) is 9.47 Å². The molecular formula is C22H25NO3. The predicted octanol–water partition coefficient (Wildman–Crippen LogP) is 4.22. The maximum absolute atomic E-state index is 13.2. The van der Waals surface area contributed by atoms with Gasteiger partial charge in [-0.15, -0.1) is 0 Å². The van der Waals surface area contributed by atoms with Crippen LogP contribution in [0.15, 0.2) is 54.6 Å². The number of hydrogen-bond acceptors (Lipinski definition) is 3. The van der Waals surface area contributed by atoms with Gasteiger partial charge < -0.3 is 14.4 Å². The van der Waals surface area contributed by atoms with Crippen LogP contribution in [0.1, 0.15) is 38.2 Å². The standard InChI is InChI=1S/C22H25NO3/c1-16(2)20(17-8-4-3-5-9-17)21(24)23-14-12-22(13-15-23)25-18-10-6-7-11-19(18)26-22/h3-11,16,20H,12-15H2,1-2H3/t20-/m0/s1. The normalized spacial score (nSPS) is 19.0. The van der Waals surface area contributed by atoms with Gasteiger partial charge >= 0.3 is 0 Å². The number of ether oxygens (including phenoxy) is 2. The Morgan fingerprint density at radius 1 is 0.923 bits per heavy atom. The van der Waals surface area contributed by atoms with Crippen molar-refractivity contribution in [1.82, 2.24) is 4.90 Å². The summed E-state index contributed by atoms with van der Waals surface area (Å²) in [6.45, 7) is 5.54. The van der Waals surface area contributed by atoms with Gasteiger partial charge in [-0.2, -0.15) is 0 Å². The highest BCUT2D eigenvalue weighted by Gasteiger charge is 2.45. The van der Waals surface area contributed by atoms with Crippen LogP contribution < -0.4 is 9.47 Å². The molecule has 2 aromatic rings. The molecule has 1 amide bonds. The molecule has 0 aromatic heterocycles. The van der Waals surface area contributed by atoms with E-state index in [-0.39, 0.29) is 17.7 Å².